The van der Waals surface area contributed by atoms with Crippen LogP contribution in [-0.2, 0) is 48.2 Å². The molecular formula is C39H50O8. The minimum atomic E-state index is -0.684. The van der Waals surface area contributed by atoms with Crippen LogP contribution < -0.4 is 4.74 Å². The van der Waals surface area contributed by atoms with Gasteiger partial charge in [0, 0.05) is 25.9 Å². The fourth-order valence-corrected chi connectivity index (χ4v) is 7.36. The fraction of sp³-hybridized carbons (Fsp3) is 0.538. The van der Waals surface area contributed by atoms with E-state index in [-0.39, 0.29) is 37.1 Å². The van der Waals surface area contributed by atoms with Crippen LogP contribution in [-0.4, -0.2) is 73.3 Å². The highest BCUT2D eigenvalue weighted by atomic mass is 16.6. The smallest absolute Gasteiger partial charge is 0.119 e. The van der Waals surface area contributed by atoms with Crippen molar-refractivity contribution in [2.45, 2.75) is 114 Å². The summed E-state index contributed by atoms with van der Waals surface area (Å²) >= 11 is 0. The SMILES string of the molecule is COc1ccc(CO[C@H]2C[C@@]3(C)O[C@@]4(C)[C@@H](OCc5ccccc5)C[C@H](CCCOCc5ccccc5)O[C@@H]4C[C@@H]3O[C@@H]2CO)cc1. The van der Waals surface area contributed by atoms with Gasteiger partial charge >= 0.3 is 0 Å². The number of aliphatic hydroxyl groups excluding tert-OH is 1. The Balaban J connectivity index is 1.12. The maximum absolute atomic E-state index is 10.3. The van der Waals surface area contributed by atoms with E-state index in [1.54, 1.807) is 7.11 Å². The Hall–Kier alpha value is -2.82. The van der Waals surface area contributed by atoms with Crippen LogP contribution in [0.5, 0.6) is 5.75 Å². The largest absolute Gasteiger partial charge is 0.497 e. The van der Waals surface area contributed by atoms with Gasteiger partial charge in [-0.15, -0.1) is 0 Å². The van der Waals surface area contributed by atoms with Gasteiger partial charge in [-0.05, 0) is 55.5 Å². The molecule has 0 aromatic heterocycles. The summed E-state index contributed by atoms with van der Waals surface area (Å²) in [5, 5.41) is 10.3. The molecule has 8 heteroatoms. The van der Waals surface area contributed by atoms with Crippen LogP contribution in [0, 0.1) is 0 Å². The molecule has 3 saturated heterocycles. The highest BCUT2D eigenvalue weighted by molar-refractivity contribution is 5.26. The molecule has 1 N–H and O–H groups in total. The second-order valence-corrected chi connectivity index (χ2v) is 13.5. The number of methoxy groups -OCH3 is 1. The van der Waals surface area contributed by atoms with Gasteiger partial charge in [-0.1, -0.05) is 72.8 Å². The Morgan fingerprint density at radius 3 is 2.11 bits per heavy atom. The van der Waals surface area contributed by atoms with Gasteiger partial charge in [-0.25, -0.2) is 0 Å². The molecule has 0 unspecified atom stereocenters. The second-order valence-electron chi connectivity index (χ2n) is 13.5. The van der Waals surface area contributed by atoms with Crippen molar-refractivity contribution in [2.24, 2.45) is 0 Å². The predicted molar refractivity (Wildman–Crippen MR) is 178 cm³/mol. The number of fused-ring (bicyclic) bond motifs is 2. The van der Waals surface area contributed by atoms with Crippen LogP contribution >= 0.6 is 0 Å². The first-order valence-corrected chi connectivity index (χ1v) is 17.0. The molecule has 8 nitrogen and oxygen atoms in total. The first-order chi connectivity index (χ1) is 22.9. The van der Waals surface area contributed by atoms with Crippen molar-refractivity contribution in [2.75, 3.05) is 20.3 Å². The van der Waals surface area contributed by atoms with E-state index in [0.717, 1.165) is 36.1 Å². The highest BCUT2D eigenvalue weighted by Crippen LogP contribution is 2.50. The van der Waals surface area contributed by atoms with Gasteiger partial charge < -0.3 is 38.3 Å². The van der Waals surface area contributed by atoms with Crippen LogP contribution in [0.25, 0.3) is 0 Å². The lowest BCUT2D eigenvalue weighted by Crippen LogP contribution is -2.72. The van der Waals surface area contributed by atoms with Crippen molar-refractivity contribution in [3.63, 3.8) is 0 Å². The molecular weight excluding hydrogens is 596 g/mol. The van der Waals surface area contributed by atoms with E-state index in [0.29, 0.717) is 39.3 Å². The number of benzene rings is 3. The molecule has 0 radical (unpaired) electrons. The van der Waals surface area contributed by atoms with Crippen molar-refractivity contribution < 1.29 is 38.3 Å². The first-order valence-electron chi connectivity index (χ1n) is 17.0. The van der Waals surface area contributed by atoms with Crippen molar-refractivity contribution >= 4 is 0 Å². The van der Waals surface area contributed by atoms with E-state index in [1.807, 2.05) is 60.7 Å². The van der Waals surface area contributed by atoms with Crippen LogP contribution in [0.15, 0.2) is 84.9 Å². The third kappa shape index (κ3) is 8.26. The Bertz CT molecular complexity index is 1370. The maximum atomic E-state index is 10.3. The average molecular weight is 647 g/mol. The lowest BCUT2D eigenvalue weighted by molar-refractivity contribution is -0.363. The molecule has 3 aromatic carbocycles. The summed E-state index contributed by atoms with van der Waals surface area (Å²) in [6.45, 7) is 6.30. The molecule has 0 bridgehead atoms. The van der Waals surface area contributed by atoms with Crippen molar-refractivity contribution in [1.82, 2.24) is 0 Å². The van der Waals surface area contributed by atoms with E-state index in [1.165, 1.54) is 5.56 Å². The quantitative estimate of drug-likeness (QED) is 0.201. The highest BCUT2D eigenvalue weighted by Gasteiger charge is 2.62. The molecule has 3 aromatic rings. The van der Waals surface area contributed by atoms with Crippen LogP contribution in [0.3, 0.4) is 0 Å². The summed E-state index contributed by atoms with van der Waals surface area (Å²) < 4.78 is 44.9. The van der Waals surface area contributed by atoms with Crippen LogP contribution in [0.4, 0.5) is 0 Å². The van der Waals surface area contributed by atoms with Crippen LogP contribution in [0.2, 0.25) is 0 Å². The number of aliphatic hydroxyl groups is 1. The van der Waals surface area contributed by atoms with E-state index in [4.69, 9.17) is 33.2 Å². The molecule has 47 heavy (non-hydrogen) atoms. The molecule has 8 atom stereocenters. The fourth-order valence-electron chi connectivity index (χ4n) is 7.36. The minimum absolute atomic E-state index is 0.0138. The normalized spacial score (nSPS) is 31.9. The van der Waals surface area contributed by atoms with E-state index in [9.17, 15) is 5.11 Å². The average Bonchev–Trinajstić information content (AvgIpc) is 3.09. The minimum Gasteiger partial charge on any atom is -0.497 e. The number of ether oxygens (including phenoxy) is 7. The third-order valence-electron chi connectivity index (χ3n) is 10.1. The van der Waals surface area contributed by atoms with Crippen molar-refractivity contribution in [3.05, 3.63) is 102 Å². The monoisotopic (exact) mass is 646 g/mol. The van der Waals surface area contributed by atoms with Gasteiger partial charge in [0.05, 0.1) is 69.7 Å². The van der Waals surface area contributed by atoms with Gasteiger partial charge in [0.25, 0.3) is 0 Å². The number of hydrogen-bond donors (Lipinski definition) is 1. The summed E-state index contributed by atoms with van der Waals surface area (Å²) in [4.78, 5) is 0. The Labute approximate surface area is 279 Å². The molecule has 3 fully saturated rings. The van der Waals surface area contributed by atoms with Gasteiger partial charge in [0.2, 0.25) is 0 Å². The topological polar surface area (TPSA) is 84.8 Å². The van der Waals surface area contributed by atoms with Gasteiger partial charge in [-0.2, -0.15) is 0 Å². The molecule has 0 saturated carbocycles. The zero-order valence-electron chi connectivity index (χ0n) is 27.9. The van der Waals surface area contributed by atoms with E-state index < -0.39 is 17.3 Å². The third-order valence-corrected chi connectivity index (χ3v) is 10.1. The van der Waals surface area contributed by atoms with Gasteiger partial charge in [-0.3, -0.25) is 0 Å². The zero-order valence-corrected chi connectivity index (χ0v) is 27.9. The molecule has 3 aliphatic rings. The molecule has 254 valence electrons. The zero-order chi connectivity index (χ0) is 32.7. The van der Waals surface area contributed by atoms with E-state index in [2.05, 4.69) is 38.1 Å². The van der Waals surface area contributed by atoms with Gasteiger partial charge in [0.1, 0.15) is 17.5 Å². The summed E-state index contributed by atoms with van der Waals surface area (Å²) in [5.74, 6) is 0.800. The Kier molecular flexibility index (Phi) is 11.3. The molecule has 0 aliphatic carbocycles. The predicted octanol–water partition coefficient (Wildman–Crippen LogP) is 6.41. The molecule has 6 rings (SSSR count). The lowest BCUT2D eigenvalue weighted by atomic mass is 9.73. The van der Waals surface area contributed by atoms with Crippen molar-refractivity contribution in [1.29, 1.82) is 0 Å². The molecule has 0 spiro atoms. The molecule has 3 heterocycles. The number of hydrogen-bond acceptors (Lipinski definition) is 8. The summed E-state index contributed by atoms with van der Waals surface area (Å²) in [7, 11) is 1.65. The van der Waals surface area contributed by atoms with E-state index >= 15 is 0 Å². The summed E-state index contributed by atoms with van der Waals surface area (Å²) in [6.07, 6.45) is 2.32. The second kappa shape index (κ2) is 15.6. The maximum Gasteiger partial charge on any atom is 0.119 e. The standard InChI is InChI=1S/C39H50O8/c1-38-23-33(43-26-30-16-18-31(41-3)19-17-30)34(24-40)46-35(38)22-37-39(2,47-38)36(44-27-29-13-8-5-9-14-29)21-32(45-37)15-10-20-42-25-28-11-6-4-7-12-28/h4-9,11-14,16-19,32-37,40H,10,15,20-27H2,1-3H3/t32-,33-,34+,35-,36-,37+,38+,39-/m0/s1. The summed E-state index contributed by atoms with van der Waals surface area (Å²) in [5.41, 5.74) is 2.01. The Morgan fingerprint density at radius 1 is 0.766 bits per heavy atom. The molecule has 0 amide bonds. The number of rotatable bonds is 14. The Morgan fingerprint density at radius 2 is 1.43 bits per heavy atom. The summed E-state index contributed by atoms with van der Waals surface area (Å²) in [6, 6.07) is 28.4. The molecule has 3 aliphatic heterocycles. The lowest BCUT2D eigenvalue weighted by Gasteiger charge is -2.60. The van der Waals surface area contributed by atoms with Crippen LogP contribution in [0.1, 0.15) is 62.6 Å². The van der Waals surface area contributed by atoms with Crippen molar-refractivity contribution in [3.8, 4) is 5.75 Å². The van der Waals surface area contributed by atoms with Gasteiger partial charge in [0.15, 0.2) is 0 Å². The first kappa shape index (κ1) is 34.1.